The second-order valence-corrected chi connectivity index (χ2v) is 9.39. The molecule has 0 spiro atoms. The molecule has 0 amide bonds. The minimum atomic E-state index is -3.72. The first-order chi connectivity index (χ1) is 15.4. The molecule has 7 heteroatoms. The fraction of sp³-hybridized carbons (Fsp3) is 0.280. The summed E-state index contributed by atoms with van der Waals surface area (Å²) < 4.78 is 40.8. The Hall–Kier alpha value is -2.55. The summed E-state index contributed by atoms with van der Waals surface area (Å²) in [5, 5.41) is 9.99. The molecule has 1 N–H and O–H groups in total. The molecule has 3 atom stereocenters. The highest BCUT2D eigenvalue weighted by Crippen LogP contribution is 2.41. The fourth-order valence-corrected chi connectivity index (χ4v) is 4.80. The molecule has 1 saturated heterocycles. The predicted molar refractivity (Wildman–Crippen MR) is 120 cm³/mol. The van der Waals surface area contributed by atoms with E-state index in [0.29, 0.717) is 0 Å². The van der Waals surface area contributed by atoms with Gasteiger partial charge < -0.3 is 14.6 Å². The number of ether oxygens (including phenoxy) is 2. The van der Waals surface area contributed by atoms with Crippen LogP contribution in [0.15, 0.2) is 91.0 Å². The van der Waals surface area contributed by atoms with Crippen LogP contribution in [0, 0.1) is 0 Å². The van der Waals surface area contributed by atoms with Gasteiger partial charge in [-0.2, -0.15) is 8.42 Å². The third-order valence-electron chi connectivity index (χ3n) is 5.48. The van der Waals surface area contributed by atoms with Crippen molar-refractivity contribution in [2.24, 2.45) is 0 Å². The van der Waals surface area contributed by atoms with Crippen LogP contribution in [0.5, 0.6) is 0 Å². The molecule has 168 valence electrons. The van der Waals surface area contributed by atoms with Crippen molar-refractivity contribution in [3.63, 3.8) is 0 Å². The number of hydrogen-bond acceptors (Lipinski definition) is 6. The Bertz CT molecular complexity index is 1010. The smallest absolute Gasteiger partial charge is 0.264 e. The van der Waals surface area contributed by atoms with Crippen LogP contribution in [-0.4, -0.2) is 44.9 Å². The first kappa shape index (κ1) is 22.6. The molecule has 0 aliphatic carbocycles. The van der Waals surface area contributed by atoms with Gasteiger partial charge in [0.15, 0.2) is 6.29 Å². The number of aliphatic hydroxyl groups excluding tert-OH is 1. The molecule has 1 aliphatic rings. The summed E-state index contributed by atoms with van der Waals surface area (Å²) in [6, 6.07) is 29.5. The summed E-state index contributed by atoms with van der Waals surface area (Å²) in [5.74, 6) is 0. The van der Waals surface area contributed by atoms with Gasteiger partial charge in [-0.15, -0.1) is 0 Å². The van der Waals surface area contributed by atoms with E-state index in [0.717, 1.165) is 22.9 Å². The molecule has 3 aromatic carbocycles. The molecular formula is C25H26O6S. The average molecular weight is 455 g/mol. The molecule has 0 saturated carbocycles. The van der Waals surface area contributed by atoms with Crippen LogP contribution in [0.2, 0.25) is 0 Å². The maximum Gasteiger partial charge on any atom is 0.264 e. The lowest BCUT2D eigenvalue weighted by atomic mass is 9.80. The average Bonchev–Trinajstić information content (AvgIpc) is 3.13. The Morgan fingerprint density at radius 1 is 0.875 bits per heavy atom. The number of hydrogen-bond donors (Lipinski definition) is 1. The van der Waals surface area contributed by atoms with Crippen LogP contribution in [0.1, 0.15) is 23.1 Å². The summed E-state index contributed by atoms with van der Waals surface area (Å²) in [4.78, 5) is 0. The van der Waals surface area contributed by atoms with E-state index in [4.69, 9.17) is 13.7 Å². The largest absolute Gasteiger partial charge is 0.368 e. The summed E-state index contributed by atoms with van der Waals surface area (Å²) in [6.07, 6.45) is -1.67. The van der Waals surface area contributed by atoms with Gasteiger partial charge in [0.2, 0.25) is 0 Å². The monoisotopic (exact) mass is 454 g/mol. The van der Waals surface area contributed by atoms with Gasteiger partial charge >= 0.3 is 0 Å². The number of benzene rings is 3. The molecule has 4 rings (SSSR count). The van der Waals surface area contributed by atoms with Crippen molar-refractivity contribution >= 4 is 10.1 Å². The van der Waals surface area contributed by atoms with E-state index < -0.39 is 34.2 Å². The van der Waals surface area contributed by atoms with Gasteiger partial charge in [0.05, 0.1) is 12.9 Å². The van der Waals surface area contributed by atoms with E-state index in [-0.39, 0.29) is 13.0 Å². The summed E-state index contributed by atoms with van der Waals surface area (Å²) in [7, 11) is -3.72. The number of aliphatic hydroxyl groups is 1. The molecule has 1 unspecified atom stereocenters. The van der Waals surface area contributed by atoms with Crippen LogP contribution in [0.3, 0.4) is 0 Å². The van der Waals surface area contributed by atoms with E-state index in [1.54, 1.807) is 0 Å². The highest BCUT2D eigenvalue weighted by Gasteiger charge is 2.42. The Kier molecular flexibility index (Phi) is 6.74. The van der Waals surface area contributed by atoms with Crippen molar-refractivity contribution in [2.75, 3.05) is 12.9 Å². The molecule has 0 aromatic heterocycles. The molecule has 1 aliphatic heterocycles. The van der Waals surface area contributed by atoms with Gasteiger partial charge in [0, 0.05) is 6.42 Å². The zero-order chi connectivity index (χ0) is 22.6. The van der Waals surface area contributed by atoms with E-state index >= 15 is 0 Å². The van der Waals surface area contributed by atoms with Crippen LogP contribution in [-0.2, 0) is 29.4 Å². The minimum Gasteiger partial charge on any atom is -0.368 e. The molecular weight excluding hydrogens is 428 g/mol. The zero-order valence-electron chi connectivity index (χ0n) is 17.7. The lowest BCUT2D eigenvalue weighted by molar-refractivity contribution is -0.129. The third-order valence-corrected chi connectivity index (χ3v) is 6.08. The number of rotatable bonds is 8. The van der Waals surface area contributed by atoms with Gasteiger partial charge in [-0.05, 0) is 16.7 Å². The van der Waals surface area contributed by atoms with E-state index in [1.165, 1.54) is 0 Å². The molecule has 32 heavy (non-hydrogen) atoms. The van der Waals surface area contributed by atoms with E-state index in [2.05, 4.69) is 0 Å². The van der Waals surface area contributed by atoms with Crippen molar-refractivity contribution in [1.29, 1.82) is 0 Å². The lowest BCUT2D eigenvalue weighted by Gasteiger charge is -2.37. The topological polar surface area (TPSA) is 82.1 Å². The Labute approximate surface area is 188 Å². The second-order valence-electron chi connectivity index (χ2n) is 7.79. The van der Waals surface area contributed by atoms with Crippen molar-refractivity contribution in [2.45, 2.75) is 30.5 Å². The molecule has 0 radical (unpaired) electrons. The minimum absolute atomic E-state index is 0.00985. The molecule has 6 nitrogen and oxygen atoms in total. The van der Waals surface area contributed by atoms with Gasteiger partial charge in [-0.3, -0.25) is 4.18 Å². The Morgan fingerprint density at radius 2 is 1.31 bits per heavy atom. The quantitative estimate of drug-likeness (QED) is 0.415. The van der Waals surface area contributed by atoms with Gasteiger partial charge in [-0.1, -0.05) is 91.0 Å². The van der Waals surface area contributed by atoms with Crippen LogP contribution < -0.4 is 0 Å². The third kappa shape index (κ3) is 4.92. The summed E-state index contributed by atoms with van der Waals surface area (Å²) in [5.41, 5.74) is 1.76. The van der Waals surface area contributed by atoms with E-state index in [1.807, 2.05) is 91.0 Å². The van der Waals surface area contributed by atoms with E-state index in [9.17, 15) is 13.5 Å². The van der Waals surface area contributed by atoms with Crippen molar-refractivity contribution < 1.29 is 27.2 Å². The second kappa shape index (κ2) is 9.52. The molecule has 0 bridgehead atoms. The summed E-state index contributed by atoms with van der Waals surface area (Å²) in [6.45, 7) is 0.00985. The fourth-order valence-electron chi connectivity index (χ4n) is 4.14. The predicted octanol–water partition coefficient (Wildman–Crippen LogP) is 3.45. The standard InChI is InChI=1S/C25H26O6S/c1-32(27,28)31-22-17-24(26)30-23(22)18-29-25(19-11-5-2-6-12-19,20-13-7-3-8-14-20)21-15-9-4-10-16-21/h2-16,22-24,26H,17-18H2,1H3/t22-,23+,24?/m0/s1. The van der Waals surface area contributed by atoms with Crippen molar-refractivity contribution in [1.82, 2.24) is 0 Å². The SMILES string of the molecule is CS(=O)(=O)O[C@H]1CC(O)O[C@@H]1COC(c1ccccc1)(c1ccccc1)c1ccccc1. The highest BCUT2D eigenvalue weighted by atomic mass is 32.2. The Balaban J connectivity index is 1.76. The van der Waals surface area contributed by atoms with Crippen LogP contribution in [0.4, 0.5) is 0 Å². The Morgan fingerprint density at radius 3 is 1.72 bits per heavy atom. The molecule has 1 fully saturated rings. The normalized spacial score (nSPS) is 21.5. The lowest BCUT2D eigenvalue weighted by Crippen LogP contribution is -2.39. The molecule has 1 heterocycles. The highest BCUT2D eigenvalue weighted by molar-refractivity contribution is 7.86. The molecule has 3 aromatic rings. The van der Waals surface area contributed by atoms with Gasteiger partial charge in [-0.25, -0.2) is 0 Å². The maximum absolute atomic E-state index is 11.7. The first-order valence-corrected chi connectivity index (χ1v) is 12.2. The first-order valence-electron chi connectivity index (χ1n) is 10.4. The van der Waals surface area contributed by atoms with Gasteiger partial charge in [0.1, 0.15) is 17.8 Å². The summed E-state index contributed by atoms with van der Waals surface area (Å²) >= 11 is 0. The van der Waals surface area contributed by atoms with Crippen LogP contribution >= 0.6 is 0 Å². The van der Waals surface area contributed by atoms with Crippen LogP contribution in [0.25, 0.3) is 0 Å². The van der Waals surface area contributed by atoms with Gasteiger partial charge in [0.25, 0.3) is 10.1 Å². The van der Waals surface area contributed by atoms with Crippen molar-refractivity contribution in [3.05, 3.63) is 108 Å². The zero-order valence-corrected chi connectivity index (χ0v) is 18.5. The van der Waals surface area contributed by atoms with Crippen molar-refractivity contribution in [3.8, 4) is 0 Å². The maximum atomic E-state index is 11.7.